The van der Waals surface area contributed by atoms with Gasteiger partial charge in [-0.05, 0) is 55.3 Å². The molecular formula is C17H17Cl2NO2. The number of ether oxygens (including phenoxy) is 1. The largest absolute Gasteiger partial charge is 0.494 e. The second kappa shape index (κ2) is 8.06. The van der Waals surface area contributed by atoms with Gasteiger partial charge in [0, 0.05) is 22.2 Å². The van der Waals surface area contributed by atoms with E-state index in [9.17, 15) is 4.79 Å². The number of anilines is 1. The highest BCUT2D eigenvalue weighted by atomic mass is 35.5. The summed E-state index contributed by atoms with van der Waals surface area (Å²) in [5, 5.41) is 4.11. The molecule has 0 saturated carbocycles. The third-order valence-electron chi connectivity index (χ3n) is 3.05. The molecular weight excluding hydrogens is 321 g/mol. The zero-order valence-electron chi connectivity index (χ0n) is 12.2. The van der Waals surface area contributed by atoms with Crippen LogP contribution in [0.5, 0.6) is 5.75 Å². The Morgan fingerprint density at radius 2 is 2.00 bits per heavy atom. The van der Waals surface area contributed by atoms with Crippen molar-refractivity contribution in [1.82, 2.24) is 0 Å². The Balaban J connectivity index is 1.72. The average Bonchev–Trinajstić information content (AvgIpc) is 2.47. The summed E-state index contributed by atoms with van der Waals surface area (Å²) in [6.45, 7) is 2.40. The molecule has 0 aromatic heterocycles. The molecule has 1 N–H and O–H groups in total. The topological polar surface area (TPSA) is 38.3 Å². The second-order valence-electron chi connectivity index (χ2n) is 4.92. The van der Waals surface area contributed by atoms with Crippen molar-refractivity contribution in [1.29, 1.82) is 0 Å². The number of rotatable bonds is 6. The molecule has 0 aliphatic carbocycles. The van der Waals surface area contributed by atoms with Gasteiger partial charge in [-0.3, -0.25) is 4.79 Å². The monoisotopic (exact) mass is 337 g/mol. The number of benzene rings is 2. The van der Waals surface area contributed by atoms with Crippen molar-refractivity contribution in [2.75, 3.05) is 11.9 Å². The van der Waals surface area contributed by atoms with Gasteiger partial charge in [0.15, 0.2) is 0 Å². The summed E-state index contributed by atoms with van der Waals surface area (Å²) in [7, 11) is 0. The van der Waals surface area contributed by atoms with Gasteiger partial charge in [0.05, 0.1) is 6.61 Å². The summed E-state index contributed by atoms with van der Waals surface area (Å²) >= 11 is 11.8. The van der Waals surface area contributed by atoms with E-state index in [-0.39, 0.29) is 5.91 Å². The lowest BCUT2D eigenvalue weighted by atomic mass is 10.2. The van der Waals surface area contributed by atoms with Crippen molar-refractivity contribution in [2.24, 2.45) is 0 Å². The molecule has 116 valence electrons. The van der Waals surface area contributed by atoms with Crippen LogP contribution >= 0.6 is 23.2 Å². The van der Waals surface area contributed by atoms with E-state index in [1.54, 1.807) is 30.3 Å². The highest BCUT2D eigenvalue weighted by molar-refractivity contribution is 6.31. The third-order valence-corrected chi connectivity index (χ3v) is 3.71. The molecule has 2 rings (SSSR count). The lowest BCUT2D eigenvalue weighted by molar-refractivity contribution is -0.116. The van der Waals surface area contributed by atoms with E-state index in [1.165, 1.54) is 0 Å². The molecule has 2 aromatic rings. The fourth-order valence-corrected chi connectivity index (χ4v) is 2.23. The number of hydrogen-bond donors (Lipinski definition) is 1. The molecule has 0 spiro atoms. The summed E-state index contributed by atoms with van der Waals surface area (Å²) in [6.07, 6.45) is 1.02. The average molecular weight is 338 g/mol. The maximum Gasteiger partial charge on any atom is 0.224 e. The first-order chi connectivity index (χ1) is 10.5. The van der Waals surface area contributed by atoms with E-state index in [4.69, 9.17) is 27.9 Å². The molecule has 0 fully saturated rings. The number of hydrogen-bond acceptors (Lipinski definition) is 2. The van der Waals surface area contributed by atoms with E-state index in [0.717, 1.165) is 11.3 Å². The van der Waals surface area contributed by atoms with Crippen LogP contribution in [-0.2, 0) is 4.79 Å². The number of carbonyl (C=O) groups is 1. The van der Waals surface area contributed by atoms with Crippen molar-refractivity contribution in [3.8, 4) is 5.75 Å². The summed E-state index contributed by atoms with van der Waals surface area (Å²) in [6, 6.07) is 12.6. The molecule has 0 radical (unpaired) electrons. The SMILES string of the molecule is Cc1cc(OCCCC(=O)Nc2cccc(Cl)c2)ccc1Cl. The molecule has 0 saturated heterocycles. The first-order valence-corrected chi connectivity index (χ1v) is 7.74. The number of carbonyl (C=O) groups excluding carboxylic acids is 1. The van der Waals surface area contributed by atoms with Gasteiger partial charge in [0.25, 0.3) is 0 Å². The molecule has 0 aliphatic heterocycles. The van der Waals surface area contributed by atoms with Gasteiger partial charge in [0.1, 0.15) is 5.75 Å². The van der Waals surface area contributed by atoms with Crippen molar-refractivity contribution in [2.45, 2.75) is 19.8 Å². The molecule has 5 heteroatoms. The van der Waals surface area contributed by atoms with Crippen LogP contribution in [0.1, 0.15) is 18.4 Å². The lowest BCUT2D eigenvalue weighted by Crippen LogP contribution is -2.12. The molecule has 22 heavy (non-hydrogen) atoms. The maximum atomic E-state index is 11.8. The number of aryl methyl sites for hydroxylation is 1. The van der Waals surface area contributed by atoms with E-state index in [2.05, 4.69) is 5.32 Å². The Hall–Kier alpha value is -1.71. The third kappa shape index (κ3) is 5.24. The Labute approximate surface area is 140 Å². The van der Waals surface area contributed by atoms with Crippen molar-refractivity contribution < 1.29 is 9.53 Å². The zero-order valence-corrected chi connectivity index (χ0v) is 13.7. The maximum absolute atomic E-state index is 11.8. The first kappa shape index (κ1) is 16.7. The van der Waals surface area contributed by atoms with Crippen LogP contribution in [0.3, 0.4) is 0 Å². The number of halogens is 2. The highest BCUT2D eigenvalue weighted by Crippen LogP contribution is 2.21. The Morgan fingerprint density at radius 3 is 2.73 bits per heavy atom. The second-order valence-corrected chi connectivity index (χ2v) is 5.77. The Bertz CT molecular complexity index is 659. The quantitative estimate of drug-likeness (QED) is 0.744. The minimum Gasteiger partial charge on any atom is -0.494 e. The molecule has 2 aromatic carbocycles. The predicted molar refractivity (Wildman–Crippen MR) is 91.0 cm³/mol. The molecule has 0 bridgehead atoms. The Morgan fingerprint density at radius 1 is 1.18 bits per heavy atom. The van der Waals surface area contributed by atoms with Crippen LogP contribution in [0, 0.1) is 6.92 Å². The zero-order chi connectivity index (χ0) is 15.9. The fourth-order valence-electron chi connectivity index (χ4n) is 1.92. The van der Waals surface area contributed by atoms with Crippen LogP contribution in [0.25, 0.3) is 0 Å². The standard InChI is InChI=1S/C17H17Cl2NO2/c1-12-10-15(7-8-16(12)19)22-9-3-6-17(21)20-14-5-2-4-13(18)11-14/h2,4-5,7-8,10-11H,3,6,9H2,1H3,(H,20,21). The van der Waals surface area contributed by atoms with E-state index in [1.807, 2.05) is 19.1 Å². The Kier molecular flexibility index (Phi) is 6.10. The van der Waals surface area contributed by atoms with Crippen molar-refractivity contribution in [3.63, 3.8) is 0 Å². The predicted octanol–water partition coefficient (Wildman–Crippen LogP) is 5.10. The molecule has 1 amide bonds. The highest BCUT2D eigenvalue weighted by Gasteiger charge is 2.04. The minimum absolute atomic E-state index is 0.0573. The normalized spacial score (nSPS) is 10.3. The van der Waals surface area contributed by atoms with Crippen LogP contribution in [0.4, 0.5) is 5.69 Å². The lowest BCUT2D eigenvalue weighted by Gasteiger charge is -2.08. The van der Waals surface area contributed by atoms with E-state index < -0.39 is 0 Å². The van der Waals surface area contributed by atoms with Crippen molar-refractivity contribution in [3.05, 3.63) is 58.1 Å². The van der Waals surface area contributed by atoms with Gasteiger partial charge in [-0.2, -0.15) is 0 Å². The summed E-state index contributed by atoms with van der Waals surface area (Å²) in [5.41, 5.74) is 1.67. The van der Waals surface area contributed by atoms with Gasteiger partial charge >= 0.3 is 0 Å². The van der Waals surface area contributed by atoms with Gasteiger partial charge in [0.2, 0.25) is 5.91 Å². The summed E-state index contributed by atoms with van der Waals surface area (Å²) < 4.78 is 5.60. The van der Waals surface area contributed by atoms with Crippen LogP contribution < -0.4 is 10.1 Å². The van der Waals surface area contributed by atoms with Gasteiger partial charge < -0.3 is 10.1 Å². The number of nitrogens with one attached hydrogen (secondary N) is 1. The van der Waals surface area contributed by atoms with Crippen LogP contribution in [-0.4, -0.2) is 12.5 Å². The van der Waals surface area contributed by atoms with Crippen LogP contribution in [0.15, 0.2) is 42.5 Å². The van der Waals surface area contributed by atoms with Gasteiger partial charge in [-0.15, -0.1) is 0 Å². The first-order valence-electron chi connectivity index (χ1n) is 6.99. The smallest absolute Gasteiger partial charge is 0.224 e. The molecule has 3 nitrogen and oxygen atoms in total. The van der Waals surface area contributed by atoms with E-state index >= 15 is 0 Å². The molecule has 0 atom stereocenters. The molecule has 0 aliphatic rings. The minimum atomic E-state index is -0.0573. The van der Waals surface area contributed by atoms with Gasteiger partial charge in [-0.25, -0.2) is 0 Å². The number of amides is 1. The van der Waals surface area contributed by atoms with Gasteiger partial charge in [-0.1, -0.05) is 29.3 Å². The van der Waals surface area contributed by atoms with Crippen molar-refractivity contribution >= 4 is 34.8 Å². The molecule has 0 unspecified atom stereocenters. The summed E-state index contributed by atoms with van der Waals surface area (Å²) in [5.74, 6) is 0.704. The summed E-state index contributed by atoms with van der Waals surface area (Å²) in [4.78, 5) is 11.8. The fraction of sp³-hybridized carbons (Fsp3) is 0.235. The molecule has 0 heterocycles. The van der Waals surface area contributed by atoms with E-state index in [0.29, 0.717) is 35.2 Å². The van der Waals surface area contributed by atoms with Crippen LogP contribution in [0.2, 0.25) is 10.0 Å².